The molecule has 0 aliphatic carbocycles. The second kappa shape index (κ2) is 3.65. The summed E-state index contributed by atoms with van der Waals surface area (Å²) in [7, 11) is 0. The molecule has 3 heterocycles. The second-order valence-corrected chi connectivity index (χ2v) is 5.67. The quantitative estimate of drug-likeness (QED) is 0.691. The van der Waals surface area contributed by atoms with Gasteiger partial charge in [-0.1, -0.05) is 0 Å². The van der Waals surface area contributed by atoms with Crippen LogP contribution in [0.15, 0.2) is 0 Å². The van der Waals surface area contributed by atoms with Crippen LogP contribution in [0.5, 0.6) is 0 Å². The molecule has 3 aliphatic rings. The van der Waals surface area contributed by atoms with Crippen molar-refractivity contribution >= 4 is 0 Å². The first-order chi connectivity index (χ1) is 8.27. The molecule has 5 heteroatoms. The molecule has 0 spiro atoms. The molecule has 1 unspecified atom stereocenters. The van der Waals surface area contributed by atoms with Gasteiger partial charge in [-0.05, 0) is 27.7 Å². The Kier molecular flexibility index (Phi) is 2.30. The van der Waals surface area contributed by atoms with E-state index in [1.54, 1.807) is 0 Å². The Labute approximate surface area is 103 Å². The van der Waals surface area contributed by atoms with Gasteiger partial charge >= 0.3 is 0 Å². The van der Waals surface area contributed by atoms with Gasteiger partial charge in [0.1, 0.15) is 24.4 Å². The summed E-state index contributed by atoms with van der Waals surface area (Å²) in [5.74, 6) is -1.26. The third kappa shape index (κ3) is 2.11. The summed E-state index contributed by atoms with van der Waals surface area (Å²) >= 11 is 0. The van der Waals surface area contributed by atoms with E-state index in [0.717, 1.165) is 0 Å². The van der Waals surface area contributed by atoms with Gasteiger partial charge in [0, 0.05) is 0 Å². The van der Waals surface area contributed by atoms with E-state index in [0.29, 0.717) is 6.61 Å². The SMILES string of the molecule is [2H]C1O[C@H]([C@H]2COC(C)(C)O2)[C@H]2OC(C)(C)O[C@@H]12. The minimum atomic E-state index is -0.728. The molecule has 0 aromatic rings. The highest BCUT2D eigenvalue weighted by Gasteiger charge is 2.54. The van der Waals surface area contributed by atoms with E-state index in [4.69, 9.17) is 25.1 Å². The van der Waals surface area contributed by atoms with E-state index in [2.05, 4.69) is 0 Å². The maximum absolute atomic E-state index is 7.91. The average molecular weight is 245 g/mol. The highest BCUT2D eigenvalue weighted by Crippen LogP contribution is 2.39. The summed E-state index contributed by atoms with van der Waals surface area (Å²) in [5, 5.41) is 0. The summed E-state index contributed by atoms with van der Waals surface area (Å²) in [5.41, 5.74) is 0. The van der Waals surface area contributed by atoms with Crippen molar-refractivity contribution < 1.29 is 25.1 Å². The zero-order chi connectivity index (χ0) is 13.1. The Morgan fingerprint density at radius 3 is 2.29 bits per heavy atom. The molecule has 0 saturated carbocycles. The van der Waals surface area contributed by atoms with Crippen LogP contribution in [0.3, 0.4) is 0 Å². The third-order valence-electron chi connectivity index (χ3n) is 3.25. The molecule has 3 rings (SSSR count). The van der Waals surface area contributed by atoms with Gasteiger partial charge in [-0.2, -0.15) is 0 Å². The van der Waals surface area contributed by atoms with Crippen LogP contribution in [0.4, 0.5) is 0 Å². The molecule has 0 aromatic heterocycles. The van der Waals surface area contributed by atoms with Crippen molar-refractivity contribution in [2.45, 2.75) is 63.7 Å². The van der Waals surface area contributed by atoms with E-state index < -0.39 is 18.2 Å². The van der Waals surface area contributed by atoms with E-state index in [1.807, 2.05) is 27.7 Å². The number of hydrogen-bond acceptors (Lipinski definition) is 5. The lowest BCUT2D eigenvalue weighted by atomic mass is 10.1. The van der Waals surface area contributed by atoms with Gasteiger partial charge < -0.3 is 23.7 Å². The first-order valence-electron chi connectivity index (χ1n) is 6.60. The Morgan fingerprint density at radius 1 is 0.941 bits per heavy atom. The summed E-state index contributed by atoms with van der Waals surface area (Å²) in [6.45, 7) is 7.17. The van der Waals surface area contributed by atoms with E-state index >= 15 is 0 Å². The maximum atomic E-state index is 7.91. The van der Waals surface area contributed by atoms with Crippen LogP contribution in [-0.2, 0) is 23.7 Å². The molecule has 3 fully saturated rings. The number of fused-ring (bicyclic) bond motifs is 1. The van der Waals surface area contributed by atoms with Crippen LogP contribution in [0, 0.1) is 0 Å². The summed E-state index contributed by atoms with van der Waals surface area (Å²) in [4.78, 5) is 0. The van der Waals surface area contributed by atoms with Crippen LogP contribution in [0.1, 0.15) is 29.1 Å². The van der Waals surface area contributed by atoms with Crippen molar-refractivity contribution in [2.24, 2.45) is 0 Å². The molecule has 98 valence electrons. The van der Waals surface area contributed by atoms with Gasteiger partial charge in [-0.15, -0.1) is 0 Å². The molecule has 3 saturated heterocycles. The van der Waals surface area contributed by atoms with Crippen LogP contribution < -0.4 is 0 Å². The minimum absolute atomic E-state index is 0.208. The van der Waals surface area contributed by atoms with E-state index in [-0.39, 0.29) is 24.4 Å². The first kappa shape index (κ1) is 10.7. The molecule has 17 heavy (non-hydrogen) atoms. The van der Waals surface area contributed by atoms with Crippen LogP contribution >= 0.6 is 0 Å². The van der Waals surface area contributed by atoms with Crippen molar-refractivity contribution in [1.29, 1.82) is 0 Å². The van der Waals surface area contributed by atoms with Gasteiger partial charge in [-0.3, -0.25) is 0 Å². The monoisotopic (exact) mass is 245 g/mol. The fourth-order valence-corrected chi connectivity index (χ4v) is 2.60. The van der Waals surface area contributed by atoms with Crippen molar-refractivity contribution in [1.82, 2.24) is 0 Å². The highest BCUT2D eigenvalue weighted by atomic mass is 16.8. The van der Waals surface area contributed by atoms with Gasteiger partial charge in [0.25, 0.3) is 0 Å². The minimum Gasteiger partial charge on any atom is -0.370 e. The fraction of sp³-hybridized carbons (Fsp3) is 1.00. The third-order valence-corrected chi connectivity index (χ3v) is 3.25. The predicted octanol–water partition coefficient (Wildman–Crippen LogP) is 1.06. The maximum Gasteiger partial charge on any atom is 0.164 e. The molecule has 0 amide bonds. The lowest BCUT2D eigenvalue weighted by Gasteiger charge is -2.25. The van der Waals surface area contributed by atoms with Gasteiger partial charge in [0.2, 0.25) is 0 Å². The van der Waals surface area contributed by atoms with Gasteiger partial charge in [-0.25, -0.2) is 0 Å². The summed E-state index contributed by atoms with van der Waals surface area (Å²) in [6, 6.07) is 0. The Morgan fingerprint density at radius 2 is 1.65 bits per heavy atom. The molecule has 5 nitrogen and oxygen atoms in total. The molecule has 5 atom stereocenters. The molecule has 3 aliphatic heterocycles. The molecule has 0 N–H and O–H groups in total. The van der Waals surface area contributed by atoms with Crippen LogP contribution in [-0.4, -0.2) is 49.2 Å². The lowest BCUT2D eigenvalue weighted by Crippen LogP contribution is -2.40. The van der Waals surface area contributed by atoms with Gasteiger partial charge in [0.15, 0.2) is 11.6 Å². The van der Waals surface area contributed by atoms with Crippen molar-refractivity contribution in [3.8, 4) is 0 Å². The van der Waals surface area contributed by atoms with Gasteiger partial charge in [0.05, 0.1) is 14.6 Å². The highest BCUT2D eigenvalue weighted by molar-refractivity contribution is 4.97. The number of rotatable bonds is 1. The molecular formula is C12H20O5. The van der Waals surface area contributed by atoms with E-state index in [9.17, 15) is 0 Å². The largest absolute Gasteiger partial charge is 0.370 e. The molecular weight excluding hydrogens is 224 g/mol. The molecule has 0 bridgehead atoms. The van der Waals surface area contributed by atoms with Crippen molar-refractivity contribution in [3.63, 3.8) is 0 Å². The first-order valence-corrected chi connectivity index (χ1v) is 6.03. The van der Waals surface area contributed by atoms with Crippen molar-refractivity contribution in [2.75, 3.05) is 13.2 Å². The average Bonchev–Trinajstić information content (AvgIpc) is 2.81. The topological polar surface area (TPSA) is 46.2 Å². The number of hydrogen-bond donors (Lipinski definition) is 0. The Bertz CT molecular complexity index is 345. The summed E-state index contributed by atoms with van der Waals surface area (Å²) in [6.07, 6.45) is -1.12. The van der Waals surface area contributed by atoms with E-state index in [1.165, 1.54) is 0 Å². The zero-order valence-electron chi connectivity index (χ0n) is 11.6. The zero-order valence-corrected chi connectivity index (χ0v) is 10.6. The molecule has 0 radical (unpaired) electrons. The standard InChI is InChI=1S/C12H20O5/c1-11(2)14-6-8(15-11)9-10-7(5-13-9)16-12(3,4)17-10/h7-10H,5-6H2,1-4H3/t7-,8+,9+,10-/m0/s1/i5D/t5?,7-,8+,9+,10-. The van der Waals surface area contributed by atoms with Crippen LogP contribution in [0.25, 0.3) is 0 Å². The normalized spacial score (nSPS) is 52.5. The fourth-order valence-electron chi connectivity index (χ4n) is 2.60. The second-order valence-electron chi connectivity index (χ2n) is 5.67. The number of ether oxygens (including phenoxy) is 5. The van der Waals surface area contributed by atoms with Crippen molar-refractivity contribution in [3.05, 3.63) is 0 Å². The molecule has 0 aromatic carbocycles. The van der Waals surface area contributed by atoms with Crippen LogP contribution in [0.2, 0.25) is 0 Å². The lowest BCUT2D eigenvalue weighted by molar-refractivity contribution is -0.195. The smallest absolute Gasteiger partial charge is 0.164 e. The Balaban J connectivity index is 1.75. The predicted molar refractivity (Wildman–Crippen MR) is 58.5 cm³/mol. The Hall–Kier alpha value is -0.200. The summed E-state index contributed by atoms with van der Waals surface area (Å²) < 4.78 is 36.4.